The molecule has 1 aromatic heterocycles. The van der Waals surface area contributed by atoms with Gasteiger partial charge in [-0.1, -0.05) is 18.2 Å². The van der Waals surface area contributed by atoms with E-state index in [9.17, 15) is 9.59 Å². The fraction of sp³-hybridized carbons (Fsp3) is 0.375. The summed E-state index contributed by atoms with van der Waals surface area (Å²) >= 11 is 0. The molecule has 1 aromatic carbocycles. The standard InChI is InChI=1S/C16H18N2O3/c1-17-12-6-8-18(9-7-12)15(19)13-10-11-4-2-3-5-14(11)21-16(13)20/h2-5,10,12,17H,6-9H2,1H3. The van der Waals surface area contributed by atoms with E-state index in [1.807, 2.05) is 19.2 Å². The highest BCUT2D eigenvalue weighted by atomic mass is 16.4. The topological polar surface area (TPSA) is 62.6 Å². The average molecular weight is 286 g/mol. The van der Waals surface area contributed by atoms with Gasteiger partial charge < -0.3 is 14.6 Å². The van der Waals surface area contributed by atoms with Crippen LogP contribution < -0.4 is 10.9 Å². The van der Waals surface area contributed by atoms with Crippen molar-refractivity contribution in [3.05, 3.63) is 46.3 Å². The first kappa shape index (κ1) is 13.8. The number of hydrogen-bond acceptors (Lipinski definition) is 4. The molecule has 1 amide bonds. The van der Waals surface area contributed by atoms with Gasteiger partial charge in [-0.3, -0.25) is 4.79 Å². The van der Waals surface area contributed by atoms with Crippen LogP contribution in [0.4, 0.5) is 0 Å². The van der Waals surface area contributed by atoms with Gasteiger partial charge in [0, 0.05) is 24.5 Å². The van der Waals surface area contributed by atoms with Crippen molar-refractivity contribution in [2.24, 2.45) is 0 Å². The molecule has 2 aromatic rings. The van der Waals surface area contributed by atoms with Crippen LogP contribution in [0.15, 0.2) is 39.5 Å². The number of rotatable bonds is 2. The third kappa shape index (κ3) is 2.69. The minimum absolute atomic E-state index is 0.122. The second-order valence-electron chi connectivity index (χ2n) is 5.34. The van der Waals surface area contributed by atoms with E-state index in [4.69, 9.17) is 4.42 Å². The lowest BCUT2D eigenvalue weighted by atomic mass is 10.0. The van der Waals surface area contributed by atoms with Gasteiger partial charge in [-0.25, -0.2) is 4.79 Å². The zero-order valence-corrected chi connectivity index (χ0v) is 12.0. The Morgan fingerprint density at radius 3 is 2.71 bits per heavy atom. The lowest BCUT2D eigenvalue weighted by Gasteiger charge is -2.31. The smallest absolute Gasteiger partial charge is 0.349 e. The molecule has 0 unspecified atom stereocenters. The van der Waals surface area contributed by atoms with E-state index in [0.717, 1.165) is 18.2 Å². The van der Waals surface area contributed by atoms with E-state index in [1.165, 1.54) is 0 Å². The Hall–Kier alpha value is -2.14. The minimum atomic E-state index is -0.561. The summed E-state index contributed by atoms with van der Waals surface area (Å²) in [6, 6.07) is 9.30. The van der Waals surface area contributed by atoms with Gasteiger partial charge in [0.05, 0.1) is 0 Å². The Bertz CT molecular complexity index is 715. The van der Waals surface area contributed by atoms with Crippen LogP contribution >= 0.6 is 0 Å². The van der Waals surface area contributed by atoms with Crippen LogP contribution in [0.1, 0.15) is 23.2 Å². The number of nitrogens with one attached hydrogen (secondary N) is 1. The summed E-state index contributed by atoms with van der Waals surface area (Å²) in [5, 5.41) is 3.99. The molecule has 0 saturated carbocycles. The maximum Gasteiger partial charge on any atom is 0.349 e. The van der Waals surface area contributed by atoms with Gasteiger partial charge in [-0.15, -0.1) is 0 Å². The molecule has 21 heavy (non-hydrogen) atoms. The molecule has 1 aliphatic rings. The Balaban J connectivity index is 1.88. The van der Waals surface area contributed by atoms with Gasteiger partial charge in [0.1, 0.15) is 11.1 Å². The first-order chi connectivity index (χ1) is 10.2. The first-order valence-electron chi connectivity index (χ1n) is 7.18. The Morgan fingerprint density at radius 1 is 1.29 bits per heavy atom. The lowest BCUT2D eigenvalue weighted by Crippen LogP contribution is -2.44. The fourth-order valence-corrected chi connectivity index (χ4v) is 2.75. The summed E-state index contributed by atoms with van der Waals surface area (Å²) in [4.78, 5) is 26.2. The second-order valence-corrected chi connectivity index (χ2v) is 5.34. The normalized spacial score (nSPS) is 16.3. The van der Waals surface area contributed by atoms with Crippen molar-refractivity contribution < 1.29 is 9.21 Å². The van der Waals surface area contributed by atoms with Crippen LogP contribution in [0.2, 0.25) is 0 Å². The number of benzene rings is 1. The highest BCUT2D eigenvalue weighted by Gasteiger charge is 2.25. The van der Waals surface area contributed by atoms with E-state index in [1.54, 1.807) is 23.1 Å². The fourth-order valence-electron chi connectivity index (χ4n) is 2.75. The van der Waals surface area contributed by atoms with E-state index in [2.05, 4.69) is 5.32 Å². The van der Waals surface area contributed by atoms with E-state index < -0.39 is 5.63 Å². The van der Waals surface area contributed by atoms with Gasteiger partial charge >= 0.3 is 5.63 Å². The summed E-state index contributed by atoms with van der Waals surface area (Å²) in [6.45, 7) is 1.33. The maximum absolute atomic E-state index is 12.5. The van der Waals surface area contributed by atoms with Crippen LogP contribution in [0, 0.1) is 0 Å². The lowest BCUT2D eigenvalue weighted by molar-refractivity contribution is 0.0703. The predicted octanol–water partition coefficient (Wildman–Crippen LogP) is 1.62. The molecule has 0 atom stereocenters. The van der Waals surface area contributed by atoms with Crippen molar-refractivity contribution in [1.29, 1.82) is 0 Å². The number of para-hydroxylation sites is 1. The van der Waals surface area contributed by atoms with Gasteiger partial charge in [-0.05, 0) is 32.0 Å². The van der Waals surface area contributed by atoms with Crippen LogP contribution in [-0.2, 0) is 0 Å². The van der Waals surface area contributed by atoms with Crippen molar-refractivity contribution in [1.82, 2.24) is 10.2 Å². The molecule has 1 fully saturated rings. The molecule has 110 valence electrons. The van der Waals surface area contributed by atoms with Gasteiger partial charge in [-0.2, -0.15) is 0 Å². The Kier molecular flexibility index (Phi) is 3.75. The van der Waals surface area contributed by atoms with E-state index in [0.29, 0.717) is 24.7 Å². The molecule has 5 nitrogen and oxygen atoms in total. The zero-order valence-electron chi connectivity index (χ0n) is 12.0. The summed E-state index contributed by atoms with van der Waals surface area (Å²) in [5.41, 5.74) is 0.0685. The third-order valence-corrected chi connectivity index (χ3v) is 4.06. The van der Waals surface area contributed by atoms with Crippen molar-refractivity contribution in [3.8, 4) is 0 Å². The third-order valence-electron chi connectivity index (χ3n) is 4.06. The predicted molar refractivity (Wildman–Crippen MR) is 80.5 cm³/mol. The highest BCUT2D eigenvalue weighted by molar-refractivity contribution is 5.96. The van der Waals surface area contributed by atoms with Crippen LogP contribution in [-0.4, -0.2) is 37.0 Å². The quantitative estimate of drug-likeness (QED) is 0.852. The first-order valence-corrected chi connectivity index (χ1v) is 7.18. The maximum atomic E-state index is 12.5. The number of fused-ring (bicyclic) bond motifs is 1. The Labute approximate surface area is 122 Å². The second kappa shape index (κ2) is 5.69. The number of amides is 1. The number of carbonyl (C=O) groups excluding carboxylic acids is 1. The zero-order chi connectivity index (χ0) is 14.8. The molecule has 0 radical (unpaired) electrons. The molecular formula is C16H18N2O3. The van der Waals surface area contributed by atoms with Crippen molar-refractivity contribution in [2.75, 3.05) is 20.1 Å². The van der Waals surface area contributed by atoms with Crippen molar-refractivity contribution in [2.45, 2.75) is 18.9 Å². The molecule has 3 rings (SSSR count). The highest BCUT2D eigenvalue weighted by Crippen LogP contribution is 2.16. The molecule has 0 bridgehead atoms. The van der Waals surface area contributed by atoms with Gasteiger partial charge in [0.25, 0.3) is 5.91 Å². The Morgan fingerprint density at radius 2 is 2.00 bits per heavy atom. The largest absolute Gasteiger partial charge is 0.422 e. The number of hydrogen-bond donors (Lipinski definition) is 1. The minimum Gasteiger partial charge on any atom is -0.422 e. The number of likely N-dealkylation sites (tertiary alicyclic amines) is 1. The van der Waals surface area contributed by atoms with Crippen LogP contribution in [0.5, 0.6) is 0 Å². The number of nitrogens with zero attached hydrogens (tertiary/aromatic N) is 1. The van der Waals surface area contributed by atoms with Crippen LogP contribution in [0.25, 0.3) is 11.0 Å². The summed E-state index contributed by atoms with van der Waals surface area (Å²) < 4.78 is 5.23. The summed E-state index contributed by atoms with van der Waals surface area (Å²) in [5.74, 6) is -0.232. The molecule has 1 aliphatic heterocycles. The van der Waals surface area contributed by atoms with Crippen molar-refractivity contribution >= 4 is 16.9 Å². The average Bonchev–Trinajstić information content (AvgIpc) is 2.53. The number of piperidine rings is 1. The van der Waals surface area contributed by atoms with E-state index in [-0.39, 0.29) is 11.5 Å². The molecule has 1 N–H and O–H groups in total. The molecule has 5 heteroatoms. The summed E-state index contributed by atoms with van der Waals surface area (Å²) in [6.07, 6.45) is 1.81. The van der Waals surface area contributed by atoms with Crippen molar-refractivity contribution in [3.63, 3.8) is 0 Å². The van der Waals surface area contributed by atoms with Gasteiger partial charge in [0.2, 0.25) is 0 Å². The SMILES string of the molecule is CNC1CCN(C(=O)c2cc3ccccc3oc2=O)CC1. The van der Waals surface area contributed by atoms with E-state index >= 15 is 0 Å². The molecule has 1 saturated heterocycles. The van der Waals surface area contributed by atoms with Gasteiger partial charge in [0.15, 0.2) is 0 Å². The molecular weight excluding hydrogens is 268 g/mol. The van der Waals surface area contributed by atoms with Crippen LogP contribution in [0.3, 0.4) is 0 Å². The molecule has 0 aliphatic carbocycles. The number of carbonyl (C=O) groups is 1. The molecule has 2 heterocycles. The molecule has 0 spiro atoms. The summed E-state index contributed by atoms with van der Waals surface area (Å²) in [7, 11) is 1.93. The monoisotopic (exact) mass is 286 g/mol.